The predicted octanol–water partition coefficient (Wildman–Crippen LogP) is 4.57. The number of carbonyl (C=O) groups excluding carboxylic acids is 1. The van der Waals surface area contributed by atoms with Crippen LogP contribution in [0.4, 0.5) is 17.1 Å². The summed E-state index contributed by atoms with van der Waals surface area (Å²) >= 11 is 0. The molecule has 1 saturated heterocycles. The number of sulfonamides is 1. The molecular weight excluding hydrogens is 398 g/mol. The molecule has 3 rings (SSSR count). The van der Waals surface area contributed by atoms with Gasteiger partial charge in [0.25, 0.3) is 5.91 Å². The lowest BCUT2D eigenvalue weighted by Crippen LogP contribution is -2.38. The van der Waals surface area contributed by atoms with Gasteiger partial charge in [-0.15, -0.1) is 0 Å². The van der Waals surface area contributed by atoms with Crippen LogP contribution in [0.2, 0.25) is 0 Å². The summed E-state index contributed by atoms with van der Waals surface area (Å²) in [6.07, 6.45) is 1.27. The van der Waals surface area contributed by atoms with Crippen molar-refractivity contribution in [2.24, 2.45) is 11.8 Å². The monoisotopic (exact) mass is 429 g/mol. The zero-order chi connectivity index (χ0) is 21.9. The molecule has 2 N–H and O–H groups in total. The summed E-state index contributed by atoms with van der Waals surface area (Å²) in [4.78, 5) is 14.9. The second-order valence-corrected chi connectivity index (χ2v) is 10.9. The summed E-state index contributed by atoms with van der Waals surface area (Å²) in [6.45, 7) is 9.92. The van der Waals surface area contributed by atoms with Crippen LogP contribution in [0.15, 0.2) is 48.5 Å². The Morgan fingerprint density at radius 1 is 0.933 bits per heavy atom. The maximum Gasteiger partial charge on any atom is 0.255 e. The summed E-state index contributed by atoms with van der Waals surface area (Å²) in [7, 11) is -3.41. The first-order valence-electron chi connectivity index (χ1n) is 10.4. The van der Waals surface area contributed by atoms with Crippen LogP contribution in [0.5, 0.6) is 0 Å². The van der Waals surface area contributed by atoms with Crippen molar-refractivity contribution >= 4 is 33.0 Å². The molecule has 0 aromatic heterocycles. The van der Waals surface area contributed by atoms with Gasteiger partial charge in [-0.05, 0) is 80.6 Å². The van der Waals surface area contributed by atoms with Crippen molar-refractivity contribution in [3.05, 3.63) is 54.1 Å². The second kappa shape index (κ2) is 9.08. The molecule has 2 atom stereocenters. The normalized spacial score (nSPS) is 19.6. The van der Waals surface area contributed by atoms with E-state index in [4.69, 9.17) is 0 Å². The van der Waals surface area contributed by atoms with E-state index >= 15 is 0 Å². The lowest BCUT2D eigenvalue weighted by atomic mass is 9.91. The van der Waals surface area contributed by atoms with Gasteiger partial charge < -0.3 is 10.2 Å². The molecule has 1 aliphatic heterocycles. The van der Waals surface area contributed by atoms with Gasteiger partial charge in [0.05, 0.1) is 5.25 Å². The van der Waals surface area contributed by atoms with Crippen LogP contribution in [-0.2, 0) is 10.0 Å². The topological polar surface area (TPSA) is 78.5 Å². The molecule has 0 spiro atoms. The molecule has 6 nitrogen and oxygen atoms in total. The molecule has 162 valence electrons. The fourth-order valence-corrected chi connectivity index (χ4v) is 4.50. The molecule has 0 bridgehead atoms. The molecular formula is C23H31N3O3S. The number of amides is 1. The number of nitrogens with zero attached hydrogens (tertiary/aromatic N) is 1. The van der Waals surface area contributed by atoms with Gasteiger partial charge in [0, 0.05) is 35.7 Å². The molecule has 0 saturated carbocycles. The minimum Gasteiger partial charge on any atom is -0.371 e. The first-order chi connectivity index (χ1) is 14.1. The minimum absolute atomic E-state index is 0.235. The van der Waals surface area contributed by atoms with E-state index in [0.717, 1.165) is 18.8 Å². The van der Waals surface area contributed by atoms with Crippen LogP contribution in [0, 0.1) is 11.8 Å². The number of hydrogen-bond acceptors (Lipinski definition) is 4. The molecule has 2 aromatic rings. The fourth-order valence-electron chi connectivity index (χ4n) is 3.80. The summed E-state index contributed by atoms with van der Waals surface area (Å²) in [6, 6.07) is 14.3. The predicted molar refractivity (Wildman–Crippen MR) is 124 cm³/mol. The lowest BCUT2D eigenvalue weighted by Gasteiger charge is -2.36. The van der Waals surface area contributed by atoms with E-state index in [0.29, 0.717) is 23.1 Å². The number of nitrogens with one attached hydrogen (secondary N) is 2. The Bertz CT molecular complexity index is 960. The third-order valence-electron chi connectivity index (χ3n) is 5.39. The number of piperidine rings is 1. The van der Waals surface area contributed by atoms with Crippen LogP contribution in [0.25, 0.3) is 0 Å². The van der Waals surface area contributed by atoms with Crippen molar-refractivity contribution in [2.75, 3.05) is 28.0 Å². The zero-order valence-corrected chi connectivity index (χ0v) is 18.9. The highest BCUT2D eigenvalue weighted by Gasteiger charge is 2.22. The lowest BCUT2D eigenvalue weighted by molar-refractivity contribution is 0.102. The van der Waals surface area contributed by atoms with E-state index in [1.54, 1.807) is 38.1 Å². The van der Waals surface area contributed by atoms with Gasteiger partial charge in [-0.2, -0.15) is 0 Å². The first-order valence-corrected chi connectivity index (χ1v) is 12.0. The molecule has 1 heterocycles. The van der Waals surface area contributed by atoms with Gasteiger partial charge in [0.15, 0.2) is 0 Å². The molecule has 30 heavy (non-hydrogen) atoms. The van der Waals surface area contributed by atoms with Crippen molar-refractivity contribution in [2.45, 2.75) is 39.4 Å². The Hall–Kier alpha value is -2.54. The second-order valence-electron chi connectivity index (χ2n) is 8.63. The highest BCUT2D eigenvalue weighted by molar-refractivity contribution is 7.93. The molecule has 0 aliphatic carbocycles. The minimum atomic E-state index is -3.41. The van der Waals surface area contributed by atoms with Crippen LogP contribution in [0.3, 0.4) is 0 Å². The van der Waals surface area contributed by atoms with Gasteiger partial charge in [-0.3, -0.25) is 9.52 Å². The molecule has 2 aromatic carbocycles. The molecule has 1 aliphatic rings. The molecule has 1 unspecified atom stereocenters. The van der Waals surface area contributed by atoms with Crippen LogP contribution >= 0.6 is 0 Å². The number of benzene rings is 2. The van der Waals surface area contributed by atoms with Gasteiger partial charge >= 0.3 is 0 Å². The van der Waals surface area contributed by atoms with Gasteiger partial charge in [-0.1, -0.05) is 13.8 Å². The third-order valence-corrected chi connectivity index (χ3v) is 7.15. The molecule has 7 heteroatoms. The molecule has 1 fully saturated rings. The maximum absolute atomic E-state index is 12.5. The van der Waals surface area contributed by atoms with Crippen molar-refractivity contribution in [1.82, 2.24) is 0 Å². The number of carbonyl (C=O) groups is 1. The highest BCUT2D eigenvalue weighted by atomic mass is 32.2. The van der Waals surface area contributed by atoms with E-state index in [1.807, 2.05) is 24.3 Å². The summed E-state index contributed by atoms with van der Waals surface area (Å²) < 4.78 is 26.4. The van der Waals surface area contributed by atoms with E-state index in [1.165, 1.54) is 12.1 Å². The average Bonchev–Trinajstić information content (AvgIpc) is 2.68. The fraction of sp³-hybridized carbons (Fsp3) is 0.435. The van der Waals surface area contributed by atoms with E-state index in [9.17, 15) is 13.2 Å². The zero-order valence-electron chi connectivity index (χ0n) is 18.1. The summed E-state index contributed by atoms with van der Waals surface area (Å²) in [5.74, 6) is 1.13. The van der Waals surface area contributed by atoms with Crippen LogP contribution in [-0.4, -0.2) is 32.7 Å². The van der Waals surface area contributed by atoms with Crippen molar-refractivity contribution in [1.29, 1.82) is 0 Å². The van der Waals surface area contributed by atoms with E-state index in [2.05, 4.69) is 28.8 Å². The van der Waals surface area contributed by atoms with Crippen molar-refractivity contribution in [3.8, 4) is 0 Å². The Kier molecular flexibility index (Phi) is 6.71. The quantitative estimate of drug-likeness (QED) is 0.705. The van der Waals surface area contributed by atoms with Gasteiger partial charge in [0.2, 0.25) is 10.0 Å². The maximum atomic E-state index is 12.5. The summed E-state index contributed by atoms with van der Waals surface area (Å²) in [5.41, 5.74) is 2.81. The highest BCUT2D eigenvalue weighted by Crippen LogP contribution is 2.27. The van der Waals surface area contributed by atoms with Gasteiger partial charge in [-0.25, -0.2) is 8.42 Å². The average molecular weight is 430 g/mol. The Balaban J connectivity index is 1.62. The van der Waals surface area contributed by atoms with Crippen LogP contribution in [0.1, 0.15) is 44.5 Å². The first kappa shape index (κ1) is 22.2. The van der Waals surface area contributed by atoms with Gasteiger partial charge in [0.1, 0.15) is 0 Å². The number of anilines is 3. The Labute approximate surface area is 179 Å². The molecule has 0 radical (unpaired) electrons. The molecule has 1 amide bonds. The third kappa shape index (κ3) is 5.53. The van der Waals surface area contributed by atoms with E-state index in [-0.39, 0.29) is 5.91 Å². The van der Waals surface area contributed by atoms with Crippen molar-refractivity contribution < 1.29 is 13.2 Å². The van der Waals surface area contributed by atoms with Crippen molar-refractivity contribution in [3.63, 3.8) is 0 Å². The van der Waals surface area contributed by atoms with E-state index < -0.39 is 15.3 Å². The SMILES string of the molecule is CC1C[C@H](C)CN(c2ccc(NC(=O)c3ccc(NS(=O)(=O)C(C)C)cc3)cc2)C1. The Morgan fingerprint density at radius 2 is 1.47 bits per heavy atom. The number of hydrogen-bond donors (Lipinski definition) is 2. The summed E-state index contributed by atoms with van der Waals surface area (Å²) in [5, 5.41) is 2.37. The Morgan fingerprint density at radius 3 is 2.00 bits per heavy atom. The largest absolute Gasteiger partial charge is 0.371 e. The number of rotatable bonds is 6. The standard InChI is InChI=1S/C23H31N3O3S/c1-16(2)30(28,29)25-21-7-5-19(6-8-21)23(27)24-20-9-11-22(12-10-20)26-14-17(3)13-18(4)15-26/h5-12,16-18,25H,13-15H2,1-4H3,(H,24,27)/t17-,18?/m0/s1. The smallest absolute Gasteiger partial charge is 0.255 e. The van der Waals surface area contributed by atoms with Crippen LogP contribution < -0.4 is 14.9 Å².